The van der Waals surface area contributed by atoms with E-state index >= 15 is 0 Å². The molecule has 4 rings (SSSR count). The van der Waals surface area contributed by atoms with Crippen molar-refractivity contribution in [1.29, 1.82) is 0 Å². The second-order valence-corrected chi connectivity index (χ2v) is 9.06. The zero-order chi connectivity index (χ0) is 22.0. The average molecular weight is 437 g/mol. The number of hydrogen-bond acceptors (Lipinski definition) is 5. The molecule has 0 bridgehead atoms. The summed E-state index contributed by atoms with van der Waals surface area (Å²) in [7, 11) is -3.82. The second-order valence-electron chi connectivity index (χ2n) is 7.12. The Kier molecular flexibility index (Phi) is 5.48. The molecule has 0 aliphatic carbocycles. The molecular weight excluding hydrogens is 418 g/mol. The van der Waals surface area contributed by atoms with Gasteiger partial charge in [-0.15, -0.1) is 0 Å². The molecule has 0 unspecified atom stereocenters. The summed E-state index contributed by atoms with van der Waals surface area (Å²) in [6.45, 7) is -0.491. The Morgan fingerprint density at radius 1 is 0.968 bits per heavy atom. The van der Waals surface area contributed by atoms with Gasteiger partial charge in [-0.1, -0.05) is 66.7 Å². The number of amides is 1. The van der Waals surface area contributed by atoms with E-state index in [0.29, 0.717) is 10.9 Å². The van der Waals surface area contributed by atoms with E-state index in [2.05, 4.69) is 5.32 Å². The van der Waals surface area contributed by atoms with Gasteiger partial charge in [-0.3, -0.25) is 0 Å². The van der Waals surface area contributed by atoms with Crippen LogP contribution in [0.25, 0.3) is 16.8 Å². The van der Waals surface area contributed by atoms with E-state index in [1.165, 1.54) is 6.08 Å². The summed E-state index contributed by atoms with van der Waals surface area (Å²) in [6, 6.07) is 18.3. The molecule has 1 amide bonds. The number of benzene rings is 3. The first kappa shape index (κ1) is 20.6. The van der Waals surface area contributed by atoms with E-state index < -0.39 is 34.5 Å². The Hall–Kier alpha value is -3.65. The summed E-state index contributed by atoms with van der Waals surface area (Å²) in [5, 5.41) is 13.1. The van der Waals surface area contributed by atoms with Gasteiger partial charge in [0.1, 0.15) is 12.6 Å². The number of rotatable bonds is 6. The van der Waals surface area contributed by atoms with Crippen LogP contribution < -0.4 is 5.32 Å². The number of fused-ring (bicyclic) bond motifs is 3. The molecule has 31 heavy (non-hydrogen) atoms. The van der Waals surface area contributed by atoms with Crippen LogP contribution >= 0.6 is 0 Å². The SMILES string of the molecule is O=C(N[C@@H](Cc1ccccc1)C(=O)O)OCC1=Cc2ccc3ccccc3c2S1(=O)=O. The van der Waals surface area contributed by atoms with Gasteiger partial charge in [0.05, 0.1) is 9.80 Å². The van der Waals surface area contributed by atoms with Crippen molar-refractivity contribution in [2.24, 2.45) is 0 Å². The van der Waals surface area contributed by atoms with Gasteiger partial charge in [0.2, 0.25) is 9.84 Å². The zero-order valence-corrected chi connectivity index (χ0v) is 17.1. The fourth-order valence-electron chi connectivity index (χ4n) is 3.55. The maximum Gasteiger partial charge on any atom is 0.408 e. The molecule has 0 saturated heterocycles. The van der Waals surface area contributed by atoms with Crippen molar-refractivity contribution in [3.63, 3.8) is 0 Å². The molecule has 3 aromatic rings. The van der Waals surface area contributed by atoms with Crippen LogP contribution in [0.3, 0.4) is 0 Å². The van der Waals surface area contributed by atoms with Crippen molar-refractivity contribution in [1.82, 2.24) is 5.32 Å². The Labute approximate surface area is 178 Å². The lowest BCUT2D eigenvalue weighted by atomic mass is 10.1. The standard InChI is InChI=1S/C23H19NO6S/c25-22(26)20(12-15-6-2-1-3-7-15)24-23(27)30-14-18-13-17-11-10-16-8-4-5-9-19(16)21(17)31(18,28)29/h1-11,13,20H,12,14H2,(H,24,27)(H,25,26)/t20-/m0/s1. The highest BCUT2D eigenvalue weighted by Gasteiger charge is 2.32. The van der Waals surface area contributed by atoms with Crippen LogP contribution in [0.2, 0.25) is 0 Å². The quantitative estimate of drug-likeness (QED) is 0.612. The van der Waals surface area contributed by atoms with Gasteiger partial charge in [-0.05, 0) is 22.6 Å². The summed E-state index contributed by atoms with van der Waals surface area (Å²) in [4.78, 5) is 23.8. The first-order valence-corrected chi connectivity index (χ1v) is 11.0. The van der Waals surface area contributed by atoms with Crippen LogP contribution in [0.1, 0.15) is 11.1 Å². The van der Waals surface area contributed by atoms with Crippen molar-refractivity contribution in [3.05, 3.63) is 82.8 Å². The molecule has 1 atom stereocenters. The summed E-state index contributed by atoms with van der Waals surface area (Å²) < 4.78 is 31.1. The highest BCUT2D eigenvalue weighted by molar-refractivity contribution is 7.96. The van der Waals surface area contributed by atoms with Crippen LogP contribution in [-0.2, 0) is 25.8 Å². The van der Waals surface area contributed by atoms with Crippen molar-refractivity contribution < 1.29 is 27.9 Å². The number of ether oxygens (including phenoxy) is 1. The molecule has 0 aromatic heterocycles. The number of carboxylic acids is 1. The van der Waals surface area contributed by atoms with Crippen LogP contribution in [0.15, 0.2) is 76.5 Å². The molecule has 3 aromatic carbocycles. The first-order chi connectivity index (χ1) is 14.9. The number of carbonyl (C=O) groups is 2. The molecule has 1 aliphatic rings. The van der Waals surface area contributed by atoms with Crippen molar-refractivity contribution in [2.75, 3.05) is 6.61 Å². The third-order valence-electron chi connectivity index (χ3n) is 5.06. The van der Waals surface area contributed by atoms with Gasteiger partial charge in [0.25, 0.3) is 0 Å². The normalized spacial score (nSPS) is 15.0. The zero-order valence-electron chi connectivity index (χ0n) is 16.3. The maximum atomic E-state index is 13.0. The molecule has 2 N–H and O–H groups in total. The molecule has 0 radical (unpaired) electrons. The molecule has 1 heterocycles. The van der Waals surface area contributed by atoms with E-state index in [1.54, 1.807) is 48.5 Å². The van der Waals surface area contributed by atoms with E-state index in [0.717, 1.165) is 10.9 Å². The van der Waals surface area contributed by atoms with Crippen LogP contribution in [0.4, 0.5) is 4.79 Å². The summed E-state index contributed by atoms with van der Waals surface area (Å²) in [5.74, 6) is -1.22. The third-order valence-corrected chi connectivity index (χ3v) is 6.98. The number of nitrogens with one attached hydrogen (secondary N) is 1. The van der Waals surface area contributed by atoms with Crippen molar-refractivity contribution >= 4 is 38.7 Å². The molecule has 0 fully saturated rings. The topological polar surface area (TPSA) is 110 Å². The van der Waals surface area contributed by atoms with Crippen molar-refractivity contribution in [2.45, 2.75) is 17.4 Å². The molecule has 0 spiro atoms. The Morgan fingerprint density at radius 2 is 1.68 bits per heavy atom. The monoisotopic (exact) mass is 437 g/mol. The van der Waals surface area contributed by atoms with Gasteiger partial charge in [-0.2, -0.15) is 0 Å². The van der Waals surface area contributed by atoms with Crippen LogP contribution in [-0.4, -0.2) is 38.2 Å². The minimum absolute atomic E-state index is 0.0519. The highest BCUT2D eigenvalue weighted by atomic mass is 32.2. The minimum atomic E-state index is -3.82. The Balaban J connectivity index is 1.45. The highest BCUT2D eigenvalue weighted by Crippen LogP contribution is 2.38. The van der Waals surface area contributed by atoms with Crippen LogP contribution in [0, 0.1) is 0 Å². The van der Waals surface area contributed by atoms with Gasteiger partial charge >= 0.3 is 12.1 Å². The fourth-order valence-corrected chi connectivity index (χ4v) is 5.22. The third kappa shape index (κ3) is 4.15. The fraction of sp³-hybridized carbons (Fsp3) is 0.130. The summed E-state index contributed by atoms with van der Waals surface area (Å²) in [6.07, 6.45) is 0.549. The van der Waals surface area contributed by atoms with Crippen molar-refractivity contribution in [3.8, 4) is 0 Å². The van der Waals surface area contributed by atoms with Gasteiger partial charge in [-0.25, -0.2) is 18.0 Å². The molecule has 158 valence electrons. The maximum absolute atomic E-state index is 13.0. The lowest BCUT2D eigenvalue weighted by molar-refractivity contribution is -0.139. The number of sulfone groups is 1. The average Bonchev–Trinajstić information content (AvgIpc) is 3.02. The van der Waals surface area contributed by atoms with E-state index in [4.69, 9.17) is 4.74 Å². The Morgan fingerprint density at radius 3 is 2.42 bits per heavy atom. The smallest absolute Gasteiger partial charge is 0.408 e. The molecular formula is C23H19NO6S. The van der Waals surface area contributed by atoms with E-state index in [9.17, 15) is 23.1 Å². The number of carboxylic acid groups (broad SMARTS) is 1. The van der Waals surface area contributed by atoms with E-state index in [-0.39, 0.29) is 16.2 Å². The Bertz CT molecular complexity index is 1300. The summed E-state index contributed by atoms with van der Waals surface area (Å²) >= 11 is 0. The predicted molar refractivity (Wildman–Crippen MR) is 115 cm³/mol. The molecule has 7 nitrogen and oxygen atoms in total. The molecule has 8 heteroatoms. The lowest BCUT2D eigenvalue weighted by Gasteiger charge is -2.15. The minimum Gasteiger partial charge on any atom is -0.480 e. The second kappa shape index (κ2) is 8.23. The molecule has 0 saturated carbocycles. The first-order valence-electron chi connectivity index (χ1n) is 9.54. The number of carbonyl (C=O) groups excluding carboxylic acids is 1. The largest absolute Gasteiger partial charge is 0.480 e. The summed E-state index contributed by atoms with van der Waals surface area (Å²) in [5.41, 5.74) is 1.27. The van der Waals surface area contributed by atoms with Gasteiger partial charge < -0.3 is 15.2 Å². The predicted octanol–water partition coefficient (Wildman–Crippen LogP) is 3.39. The molecule has 1 aliphatic heterocycles. The number of aliphatic carboxylic acids is 1. The van der Waals surface area contributed by atoms with E-state index in [1.807, 2.05) is 18.2 Å². The lowest BCUT2D eigenvalue weighted by Crippen LogP contribution is -2.42. The van der Waals surface area contributed by atoms with Gasteiger partial charge in [0, 0.05) is 11.8 Å². The number of alkyl carbamates (subject to hydrolysis) is 1. The van der Waals surface area contributed by atoms with Crippen LogP contribution in [0.5, 0.6) is 0 Å². The number of hydrogen-bond donors (Lipinski definition) is 2. The van der Waals surface area contributed by atoms with Gasteiger partial charge in [0.15, 0.2) is 0 Å².